The van der Waals surface area contributed by atoms with Crippen molar-refractivity contribution in [2.45, 2.75) is 64.0 Å². The molecule has 0 aromatic carbocycles. The minimum Gasteiger partial charge on any atom is -0.340 e. The molecular weight excluding hydrogens is 240 g/mol. The van der Waals surface area contributed by atoms with Crippen molar-refractivity contribution in [2.75, 3.05) is 6.54 Å². The summed E-state index contributed by atoms with van der Waals surface area (Å²) in [6, 6.07) is 0.269. The van der Waals surface area contributed by atoms with E-state index in [0.29, 0.717) is 11.8 Å². The van der Waals surface area contributed by atoms with E-state index in [-0.39, 0.29) is 24.4 Å². The summed E-state index contributed by atoms with van der Waals surface area (Å²) in [7, 11) is 0. The summed E-state index contributed by atoms with van der Waals surface area (Å²) in [5, 5.41) is 2.96. The molecule has 2 aliphatic carbocycles. The highest BCUT2D eigenvalue weighted by Gasteiger charge is 2.54. The lowest BCUT2D eigenvalue weighted by Gasteiger charge is -2.46. The first-order valence-electron chi connectivity index (χ1n) is 7.64. The van der Waals surface area contributed by atoms with Crippen LogP contribution in [-0.4, -0.2) is 34.8 Å². The smallest absolute Gasteiger partial charge is 0.249 e. The normalized spacial score (nSPS) is 40.2. The summed E-state index contributed by atoms with van der Waals surface area (Å²) in [4.78, 5) is 26.7. The zero-order valence-electron chi connectivity index (χ0n) is 11.9. The summed E-state index contributed by atoms with van der Waals surface area (Å²) in [5.41, 5.74) is -0.632. The third-order valence-corrected chi connectivity index (χ3v) is 5.28. The van der Waals surface area contributed by atoms with Gasteiger partial charge in [-0.25, -0.2) is 0 Å². The molecule has 1 aliphatic heterocycles. The summed E-state index contributed by atoms with van der Waals surface area (Å²) >= 11 is 0. The topological polar surface area (TPSA) is 49.4 Å². The van der Waals surface area contributed by atoms with Gasteiger partial charge in [-0.3, -0.25) is 9.59 Å². The molecule has 3 aliphatic rings. The summed E-state index contributed by atoms with van der Waals surface area (Å²) in [5.74, 6) is 1.05. The molecule has 1 N–H and O–H groups in total. The fourth-order valence-electron chi connectivity index (χ4n) is 3.87. The Morgan fingerprint density at radius 3 is 2.47 bits per heavy atom. The van der Waals surface area contributed by atoms with Crippen LogP contribution in [0.15, 0.2) is 0 Å². The van der Waals surface area contributed by atoms with Crippen LogP contribution in [0.4, 0.5) is 0 Å². The van der Waals surface area contributed by atoms with Gasteiger partial charge in [-0.1, -0.05) is 19.8 Å². The average Bonchev–Trinajstić information content (AvgIpc) is 3.19. The lowest BCUT2D eigenvalue weighted by Crippen LogP contribution is -2.68. The molecule has 4 nitrogen and oxygen atoms in total. The largest absolute Gasteiger partial charge is 0.340 e. The van der Waals surface area contributed by atoms with E-state index >= 15 is 0 Å². The van der Waals surface area contributed by atoms with Crippen molar-refractivity contribution in [3.05, 3.63) is 0 Å². The molecule has 0 aromatic rings. The second-order valence-electron chi connectivity index (χ2n) is 6.79. The van der Waals surface area contributed by atoms with Gasteiger partial charge in [0.05, 0.1) is 6.54 Å². The second kappa shape index (κ2) is 4.50. The molecule has 0 aromatic heterocycles. The van der Waals surface area contributed by atoms with E-state index < -0.39 is 5.54 Å². The second-order valence-corrected chi connectivity index (χ2v) is 6.79. The predicted octanol–water partition coefficient (Wildman–Crippen LogP) is 1.69. The summed E-state index contributed by atoms with van der Waals surface area (Å²) in [6.45, 7) is 4.40. The van der Waals surface area contributed by atoms with Crippen LogP contribution in [0.1, 0.15) is 52.4 Å². The van der Waals surface area contributed by atoms with Crippen LogP contribution in [0.5, 0.6) is 0 Å². The number of piperazine rings is 1. The number of rotatable bonds is 2. The molecule has 19 heavy (non-hydrogen) atoms. The molecule has 106 valence electrons. The van der Waals surface area contributed by atoms with Crippen LogP contribution < -0.4 is 5.32 Å². The molecule has 3 unspecified atom stereocenters. The number of nitrogens with one attached hydrogen (secondary N) is 1. The molecule has 0 spiro atoms. The van der Waals surface area contributed by atoms with Gasteiger partial charge in [0.1, 0.15) is 5.54 Å². The fourth-order valence-corrected chi connectivity index (χ4v) is 3.87. The zero-order chi connectivity index (χ0) is 13.6. The number of carbonyl (C=O) groups is 2. The maximum absolute atomic E-state index is 12.8. The predicted molar refractivity (Wildman–Crippen MR) is 72.4 cm³/mol. The molecule has 2 saturated carbocycles. The highest BCUT2D eigenvalue weighted by molar-refractivity contribution is 5.98. The van der Waals surface area contributed by atoms with Crippen LogP contribution in [0.3, 0.4) is 0 Å². The Hall–Kier alpha value is -1.06. The minimum atomic E-state index is -0.632. The van der Waals surface area contributed by atoms with Gasteiger partial charge in [0.25, 0.3) is 0 Å². The Kier molecular flexibility index (Phi) is 3.06. The van der Waals surface area contributed by atoms with E-state index in [0.717, 1.165) is 19.3 Å². The van der Waals surface area contributed by atoms with Crippen molar-refractivity contribution in [2.24, 2.45) is 11.8 Å². The van der Waals surface area contributed by atoms with E-state index in [9.17, 15) is 9.59 Å². The van der Waals surface area contributed by atoms with Crippen molar-refractivity contribution < 1.29 is 9.59 Å². The third-order valence-electron chi connectivity index (χ3n) is 5.28. The maximum atomic E-state index is 12.8. The number of hydrogen-bond acceptors (Lipinski definition) is 2. The molecule has 3 fully saturated rings. The third kappa shape index (κ3) is 2.15. The molecule has 1 saturated heterocycles. The first-order valence-corrected chi connectivity index (χ1v) is 7.64. The lowest BCUT2D eigenvalue weighted by atomic mass is 9.82. The monoisotopic (exact) mass is 264 g/mol. The minimum absolute atomic E-state index is 0.0202. The van der Waals surface area contributed by atoms with Gasteiger partial charge in [0, 0.05) is 6.04 Å². The van der Waals surface area contributed by atoms with Gasteiger partial charge >= 0.3 is 0 Å². The maximum Gasteiger partial charge on any atom is 0.249 e. The quantitative estimate of drug-likeness (QED) is 0.825. The van der Waals surface area contributed by atoms with E-state index in [1.165, 1.54) is 19.3 Å². The van der Waals surface area contributed by atoms with Crippen LogP contribution in [-0.2, 0) is 9.59 Å². The van der Waals surface area contributed by atoms with Gasteiger partial charge < -0.3 is 10.2 Å². The highest BCUT2D eigenvalue weighted by atomic mass is 16.2. The number of hydrogen-bond donors (Lipinski definition) is 1. The van der Waals surface area contributed by atoms with Gasteiger partial charge in [-0.05, 0) is 44.4 Å². The van der Waals surface area contributed by atoms with Crippen molar-refractivity contribution in [3.8, 4) is 0 Å². The van der Waals surface area contributed by atoms with Gasteiger partial charge in [-0.2, -0.15) is 0 Å². The molecule has 2 amide bonds. The lowest BCUT2D eigenvalue weighted by molar-refractivity contribution is -0.154. The van der Waals surface area contributed by atoms with Crippen molar-refractivity contribution in [1.29, 1.82) is 0 Å². The molecule has 0 radical (unpaired) electrons. The molecule has 3 atom stereocenters. The van der Waals surface area contributed by atoms with E-state index in [2.05, 4.69) is 12.2 Å². The van der Waals surface area contributed by atoms with Crippen molar-refractivity contribution in [1.82, 2.24) is 10.2 Å². The zero-order valence-corrected chi connectivity index (χ0v) is 11.9. The molecule has 4 heteroatoms. The number of nitrogens with zero attached hydrogens (tertiary/aromatic N) is 1. The summed E-state index contributed by atoms with van der Waals surface area (Å²) < 4.78 is 0. The number of amides is 2. The SMILES string of the molecule is CC1CCCCC1N1CC(=O)NC(C)(C2CC2)C1=O. The molecule has 0 bridgehead atoms. The van der Waals surface area contributed by atoms with E-state index in [1.54, 1.807) is 0 Å². The van der Waals surface area contributed by atoms with Crippen LogP contribution in [0.2, 0.25) is 0 Å². The van der Waals surface area contributed by atoms with Gasteiger partial charge in [0.15, 0.2) is 0 Å². The van der Waals surface area contributed by atoms with Gasteiger partial charge in [0.2, 0.25) is 11.8 Å². The van der Waals surface area contributed by atoms with Crippen molar-refractivity contribution in [3.63, 3.8) is 0 Å². The van der Waals surface area contributed by atoms with Crippen LogP contribution in [0, 0.1) is 11.8 Å². The van der Waals surface area contributed by atoms with E-state index in [1.807, 2.05) is 11.8 Å². The standard InChI is InChI=1S/C15H24N2O2/c1-10-5-3-4-6-12(10)17-9-13(18)16-15(2,14(17)19)11-7-8-11/h10-12H,3-9H2,1-2H3,(H,16,18). The Balaban J connectivity index is 1.83. The summed E-state index contributed by atoms with van der Waals surface area (Å²) in [6.07, 6.45) is 6.80. The molecular formula is C15H24N2O2. The Morgan fingerprint density at radius 2 is 1.84 bits per heavy atom. The Labute approximate surface area is 114 Å². The first kappa shape index (κ1) is 12.9. The average molecular weight is 264 g/mol. The molecule has 3 rings (SSSR count). The Bertz CT molecular complexity index is 405. The van der Waals surface area contributed by atoms with Crippen LogP contribution in [0.25, 0.3) is 0 Å². The fraction of sp³-hybridized carbons (Fsp3) is 0.867. The van der Waals surface area contributed by atoms with Gasteiger partial charge in [-0.15, -0.1) is 0 Å². The molecule has 1 heterocycles. The van der Waals surface area contributed by atoms with Crippen LogP contribution >= 0.6 is 0 Å². The highest BCUT2D eigenvalue weighted by Crippen LogP contribution is 2.42. The van der Waals surface area contributed by atoms with Crippen molar-refractivity contribution >= 4 is 11.8 Å². The Morgan fingerprint density at radius 1 is 1.16 bits per heavy atom. The first-order chi connectivity index (χ1) is 9.02. The van der Waals surface area contributed by atoms with E-state index in [4.69, 9.17) is 0 Å². The number of carbonyl (C=O) groups excluding carboxylic acids is 2.